The van der Waals surface area contributed by atoms with Crippen LogP contribution in [0.15, 0.2) is 54.6 Å². The molecule has 0 saturated carbocycles. The summed E-state index contributed by atoms with van der Waals surface area (Å²) in [4.78, 5) is 31.9. The van der Waals surface area contributed by atoms with E-state index in [-0.39, 0.29) is 31.1 Å². The van der Waals surface area contributed by atoms with Gasteiger partial charge in [0, 0.05) is 44.7 Å². The summed E-state index contributed by atoms with van der Waals surface area (Å²) in [6, 6.07) is 17.0. The van der Waals surface area contributed by atoms with Crippen molar-refractivity contribution in [1.82, 2.24) is 20.0 Å². The van der Waals surface area contributed by atoms with Crippen molar-refractivity contribution >= 4 is 29.2 Å². The van der Waals surface area contributed by atoms with Gasteiger partial charge in [0.25, 0.3) is 0 Å². The molecule has 3 aromatic rings. The summed E-state index contributed by atoms with van der Waals surface area (Å²) in [6.45, 7) is 6.92. The molecule has 2 aliphatic heterocycles. The molecule has 10 heteroatoms. The number of benzene rings is 2. The molecule has 2 aliphatic rings. The smallest absolute Gasteiger partial charge is 0.242 e. The van der Waals surface area contributed by atoms with Crippen molar-refractivity contribution in [1.29, 1.82) is 0 Å². The summed E-state index contributed by atoms with van der Waals surface area (Å²) >= 11 is 6.29. The van der Waals surface area contributed by atoms with Gasteiger partial charge in [0.15, 0.2) is 17.3 Å². The predicted molar refractivity (Wildman–Crippen MR) is 149 cm³/mol. The Morgan fingerprint density at radius 2 is 1.74 bits per heavy atom. The highest BCUT2D eigenvalue weighted by atomic mass is 35.5. The Hall–Kier alpha value is -3.85. The Kier molecular flexibility index (Phi) is 8.16. The number of carbonyl (C=O) groups is 2. The molecule has 1 aromatic heterocycles. The number of hydrogen-bond acceptors (Lipinski definition) is 7. The van der Waals surface area contributed by atoms with E-state index >= 15 is 0 Å². The first-order valence-electron chi connectivity index (χ1n) is 13.1. The highest BCUT2D eigenvalue weighted by molar-refractivity contribution is 6.33. The maximum absolute atomic E-state index is 13.3. The van der Waals surface area contributed by atoms with Gasteiger partial charge in [0.05, 0.1) is 10.7 Å². The fourth-order valence-corrected chi connectivity index (χ4v) is 4.96. The van der Waals surface area contributed by atoms with Gasteiger partial charge in [-0.15, -0.1) is 10.2 Å². The Balaban J connectivity index is 1.19. The highest BCUT2D eigenvalue weighted by Gasteiger charge is 2.26. The van der Waals surface area contributed by atoms with Crippen molar-refractivity contribution < 1.29 is 19.1 Å². The first-order valence-corrected chi connectivity index (χ1v) is 13.5. The maximum Gasteiger partial charge on any atom is 0.242 e. The van der Waals surface area contributed by atoms with E-state index in [1.165, 1.54) is 0 Å². The second-order valence-electron chi connectivity index (χ2n) is 10.2. The van der Waals surface area contributed by atoms with Crippen LogP contribution in [0, 0.1) is 5.92 Å². The van der Waals surface area contributed by atoms with Gasteiger partial charge in [0.2, 0.25) is 18.6 Å². The average Bonchev–Trinajstić information content (AvgIpc) is 3.41. The number of fused-ring (bicyclic) bond motifs is 1. The molecule has 1 fully saturated rings. The maximum atomic E-state index is 13.3. The number of piperazine rings is 1. The first-order chi connectivity index (χ1) is 18.9. The molecular formula is C29H32ClN5O4. The van der Waals surface area contributed by atoms with Crippen molar-refractivity contribution in [3.05, 3.63) is 65.2 Å². The fraction of sp³-hybridized carbons (Fsp3) is 0.379. The molecule has 39 heavy (non-hydrogen) atoms. The molecule has 1 saturated heterocycles. The second kappa shape index (κ2) is 11.9. The monoisotopic (exact) mass is 549 g/mol. The standard InChI is InChI=1S/C29H32ClN5O4/c1-20(2)15-28(36)35(17-21-7-9-25-26(16-21)39-19-38-25)18-29(37)34-13-11-33(12-14-34)27-10-8-24(31-32-27)22-5-3-4-6-23(22)30/h3-10,16,20H,11-15,17-19H2,1-2H3. The number of rotatable bonds is 8. The minimum atomic E-state index is -0.0624. The third-order valence-electron chi connectivity index (χ3n) is 6.83. The minimum absolute atomic E-state index is 0.0341. The van der Waals surface area contributed by atoms with E-state index in [1.807, 2.05) is 73.3 Å². The van der Waals surface area contributed by atoms with Crippen LogP contribution in [0.1, 0.15) is 25.8 Å². The lowest BCUT2D eigenvalue weighted by atomic mass is 10.1. The van der Waals surface area contributed by atoms with E-state index in [2.05, 4.69) is 15.1 Å². The highest BCUT2D eigenvalue weighted by Crippen LogP contribution is 2.33. The summed E-state index contributed by atoms with van der Waals surface area (Å²) in [5.74, 6) is 2.21. The molecule has 204 valence electrons. The molecular weight excluding hydrogens is 518 g/mol. The molecule has 5 rings (SSSR count). The van der Waals surface area contributed by atoms with Crippen molar-refractivity contribution in [3.8, 4) is 22.8 Å². The Labute approximate surface area is 233 Å². The van der Waals surface area contributed by atoms with E-state index in [0.29, 0.717) is 61.4 Å². The Morgan fingerprint density at radius 1 is 0.974 bits per heavy atom. The topological polar surface area (TPSA) is 88.1 Å². The van der Waals surface area contributed by atoms with Crippen LogP contribution < -0.4 is 14.4 Å². The molecule has 0 aliphatic carbocycles. The molecule has 0 radical (unpaired) electrons. The third kappa shape index (κ3) is 6.42. The van der Waals surface area contributed by atoms with Gasteiger partial charge in [-0.3, -0.25) is 9.59 Å². The lowest BCUT2D eigenvalue weighted by Crippen LogP contribution is -2.52. The van der Waals surface area contributed by atoms with Gasteiger partial charge < -0.3 is 24.2 Å². The van der Waals surface area contributed by atoms with Gasteiger partial charge in [-0.2, -0.15) is 0 Å². The van der Waals surface area contributed by atoms with Crippen LogP contribution in [0.2, 0.25) is 5.02 Å². The molecule has 9 nitrogen and oxygen atoms in total. The van der Waals surface area contributed by atoms with E-state index in [1.54, 1.807) is 4.90 Å². The zero-order valence-electron chi connectivity index (χ0n) is 22.2. The van der Waals surface area contributed by atoms with Crippen molar-refractivity contribution in [2.24, 2.45) is 5.92 Å². The number of carbonyl (C=O) groups excluding carboxylic acids is 2. The Bertz CT molecular complexity index is 1330. The van der Waals surface area contributed by atoms with Gasteiger partial charge in [-0.25, -0.2) is 0 Å². The average molecular weight is 550 g/mol. The molecule has 0 bridgehead atoms. The van der Waals surface area contributed by atoms with E-state index in [0.717, 1.165) is 16.9 Å². The number of amides is 2. The molecule has 0 atom stereocenters. The Morgan fingerprint density at radius 3 is 2.46 bits per heavy atom. The lowest BCUT2D eigenvalue weighted by molar-refractivity contribution is -0.141. The second-order valence-corrected chi connectivity index (χ2v) is 10.6. The zero-order chi connectivity index (χ0) is 27.4. The van der Waals surface area contributed by atoms with Gasteiger partial charge in [0.1, 0.15) is 6.54 Å². The van der Waals surface area contributed by atoms with Crippen LogP contribution >= 0.6 is 11.6 Å². The SMILES string of the molecule is CC(C)CC(=O)N(CC(=O)N1CCN(c2ccc(-c3ccccc3Cl)nn2)CC1)Cc1ccc2c(c1)OCO2. The van der Waals surface area contributed by atoms with Gasteiger partial charge in [-0.05, 0) is 41.8 Å². The fourth-order valence-electron chi connectivity index (χ4n) is 4.72. The van der Waals surface area contributed by atoms with E-state index in [4.69, 9.17) is 21.1 Å². The molecule has 0 N–H and O–H groups in total. The third-order valence-corrected chi connectivity index (χ3v) is 7.16. The van der Waals surface area contributed by atoms with Gasteiger partial charge in [-0.1, -0.05) is 49.7 Å². The first kappa shape index (κ1) is 26.7. The lowest BCUT2D eigenvalue weighted by Gasteiger charge is -2.36. The summed E-state index contributed by atoms with van der Waals surface area (Å²) in [6.07, 6.45) is 0.383. The minimum Gasteiger partial charge on any atom is -0.454 e. The summed E-state index contributed by atoms with van der Waals surface area (Å²) in [7, 11) is 0. The molecule has 3 heterocycles. The summed E-state index contributed by atoms with van der Waals surface area (Å²) < 4.78 is 10.9. The number of halogens is 1. The normalized spacial score (nSPS) is 14.6. The van der Waals surface area contributed by atoms with Crippen molar-refractivity contribution in [2.75, 3.05) is 44.4 Å². The van der Waals surface area contributed by atoms with Crippen LogP contribution in [0.3, 0.4) is 0 Å². The molecule has 2 aromatic carbocycles. The van der Waals surface area contributed by atoms with Crippen LogP contribution in [-0.4, -0.2) is 71.3 Å². The van der Waals surface area contributed by atoms with Crippen LogP contribution in [0.4, 0.5) is 5.82 Å². The quantitative estimate of drug-likeness (QED) is 0.415. The molecule has 2 amide bonds. The van der Waals surface area contributed by atoms with Crippen LogP contribution in [-0.2, 0) is 16.1 Å². The number of anilines is 1. The molecule has 0 unspecified atom stereocenters. The number of ether oxygens (including phenoxy) is 2. The largest absolute Gasteiger partial charge is 0.454 e. The number of nitrogens with zero attached hydrogens (tertiary/aromatic N) is 5. The van der Waals surface area contributed by atoms with Crippen molar-refractivity contribution in [3.63, 3.8) is 0 Å². The van der Waals surface area contributed by atoms with E-state index in [9.17, 15) is 9.59 Å². The zero-order valence-corrected chi connectivity index (χ0v) is 22.9. The predicted octanol–water partition coefficient (Wildman–Crippen LogP) is 4.25. The summed E-state index contributed by atoms with van der Waals surface area (Å²) in [5.41, 5.74) is 2.45. The van der Waals surface area contributed by atoms with E-state index < -0.39 is 0 Å². The summed E-state index contributed by atoms with van der Waals surface area (Å²) in [5, 5.41) is 9.40. The van der Waals surface area contributed by atoms with Crippen molar-refractivity contribution in [2.45, 2.75) is 26.8 Å². The number of hydrogen-bond donors (Lipinski definition) is 0. The molecule has 0 spiro atoms. The van der Waals surface area contributed by atoms with Crippen LogP contribution in [0.5, 0.6) is 11.5 Å². The van der Waals surface area contributed by atoms with Crippen LogP contribution in [0.25, 0.3) is 11.3 Å². The number of aromatic nitrogens is 2. The van der Waals surface area contributed by atoms with Gasteiger partial charge >= 0.3 is 0 Å².